The summed E-state index contributed by atoms with van der Waals surface area (Å²) in [5.41, 5.74) is 1.01. The predicted octanol–water partition coefficient (Wildman–Crippen LogP) is 1.77. The summed E-state index contributed by atoms with van der Waals surface area (Å²) in [6.07, 6.45) is 10.6. The summed E-state index contributed by atoms with van der Waals surface area (Å²) in [7, 11) is 0. The largest absolute Gasteiger partial charge is 0.370 e. The second-order valence-corrected chi connectivity index (χ2v) is 6.26. The molecule has 1 aromatic rings. The first kappa shape index (κ1) is 14.6. The summed E-state index contributed by atoms with van der Waals surface area (Å²) in [6.45, 7) is 3.79. The Labute approximate surface area is 126 Å². The average molecular weight is 290 g/mol. The normalized spacial score (nSPS) is 19.5. The molecular weight excluding hydrogens is 264 g/mol. The van der Waals surface area contributed by atoms with E-state index in [1.54, 1.807) is 10.7 Å². The van der Waals surface area contributed by atoms with Crippen LogP contribution in [0, 0.1) is 0 Å². The second kappa shape index (κ2) is 7.07. The molecule has 0 amide bonds. The van der Waals surface area contributed by atoms with Crippen molar-refractivity contribution in [2.75, 3.05) is 24.5 Å². The van der Waals surface area contributed by atoms with Gasteiger partial charge in [-0.3, -0.25) is 4.79 Å². The monoisotopic (exact) mass is 290 g/mol. The molecule has 2 fully saturated rings. The molecule has 0 spiro atoms. The molecule has 1 aromatic heterocycles. The van der Waals surface area contributed by atoms with Crippen LogP contribution >= 0.6 is 0 Å². The number of nitrogens with one attached hydrogen (secondary N) is 1. The number of aromatic nitrogens is 2. The zero-order valence-corrected chi connectivity index (χ0v) is 12.8. The van der Waals surface area contributed by atoms with Gasteiger partial charge in [0.2, 0.25) is 0 Å². The molecule has 1 aliphatic carbocycles. The second-order valence-electron chi connectivity index (χ2n) is 6.26. The summed E-state index contributed by atoms with van der Waals surface area (Å²) in [5.74, 6) is 0. The third kappa shape index (κ3) is 3.84. The van der Waals surface area contributed by atoms with Crippen molar-refractivity contribution in [1.29, 1.82) is 0 Å². The van der Waals surface area contributed by atoms with Crippen LogP contribution in [0.15, 0.2) is 17.1 Å². The average Bonchev–Trinajstić information content (AvgIpc) is 3.18. The first-order valence-corrected chi connectivity index (χ1v) is 8.38. The van der Waals surface area contributed by atoms with E-state index in [-0.39, 0.29) is 5.56 Å². The van der Waals surface area contributed by atoms with Crippen molar-refractivity contribution in [2.24, 2.45) is 0 Å². The van der Waals surface area contributed by atoms with Crippen molar-refractivity contribution in [3.05, 3.63) is 22.6 Å². The molecule has 21 heavy (non-hydrogen) atoms. The standard InChI is InChI=1S/C16H26N4O/c21-16-12-15(19-9-3-4-10-19)13-18-20(16)11-5-8-17-14-6-1-2-7-14/h12-14,17H,1-11H2. The minimum Gasteiger partial charge on any atom is -0.370 e. The van der Waals surface area contributed by atoms with Crippen LogP contribution in [0.3, 0.4) is 0 Å². The minimum atomic E-state index is 0.0280. The fourth-order valence-corrected chi connectivity index (χ4v) is 3.41. The van der Waals surface area contributed by atoms with Crippen LogP contribution in [-0.4, -0.2) is 35.5 Å². The molecule has 1 saturated carbocycles. The van der Waals surface area contributed by atoms with E-state index in [4.69, 9.17) is 0 Å². The highest BCUT2D eigenvalue weighted by atomic mass is 16.1. The summed E-state index contributed by atoms with van der Waals surface area (Å²) in [5, 5.41) is 7.90. The molecule has 0 radical (unpaired) electrons. The lowest BCUT2D eigenvalue weighted by molar-refractivity contribution is 0.474. The Bertz CT molecular complexity index is 501. The van der Waals surface area contributed by atoms with Gasteiger partial charge in [-0.25, -0.2) is 4.68 Å². The smallest absolute Gasteiger partial charge is 0.268 e. The van der Waals surface area contributed by atoms with Gasteiger partial charge in [0.15, 0.2) is 0 Å². The molecule has 3 rings (SSSR count). The molecule has 0 aromatic carbocycles. The van der Waals surface area contributed by atoms with Crippen LogP contribution in [0.25, 0.3) is 0 Å². The van der Waals surface area contributed by atoms with E-state index in [9.17, 15) is 4.79 Å². The Morgan fingerprint density at radius 3 is 2.67 bits per heavy atom. The predicted molar refractivity (Wildman–Crippen MR) is 84.8 cm³/mol. The summed E-state index contributed by atoms with van der Waals surface area (Å²) in [4.78, 5) is 14.4. The van der Waals surface area contributed by atoms with E-state index in [2.05, 4.69) is 15.3 Å². The lowest BCUT2D eigenvalue weighted by Gasteiger charge is -2.17. The lowest BCUT2D eigenvalue weighted by atomic mass is 10.2. The molecular formula is C16H26N4O. The van der Waals surface area contributed by atoms with Gasteiger partial charge in [0, 0.05) is 31.7 Å². The summed E-state index contributed by atoms with van der Waals surface area (Å²) < 4.78 is 1.59. The van der Waals surface area contributed by atoms with Gasteiger partial charge in [-0.05, 0) is 38.6 Å². The Hall–Kier alpha value is -1.36. The van der Waals surface area contributed by atoms with E-state index in [1.165, 1.54) is 38.5 Å². The van der Waals surface area contributed by atoms with Gasteiger partial charge in [0.1, 0.15) is 0 Å². The van der Waals surface area contributed by atoms with Crippen molar-refractivity contribution < 1.29 is 0 Å². The van der Waals surface area contributed by atoms with Gasteiger partial charge >= 0.3 is 0 Å². The van der Waals surface area contributed by atoms with E-state index in [1.807, 2.05) is 6.20 Å². The van der Waals surface area contributed by atoms with Gasteiger partial charge in [0.05, 0.1) is 11.9 Å². The van der Waals surface area contributed by atoms with Crippen LogP contribution in [0.5, 0.6) is 0 Å². The number of hydrogen-bond acceptors (Lipinski definition) is 4. The van der Waals surface area contributed by atoms with Gasteiger partial charge in [-0.2, -0.15) is 5.10 Å². The van der Waals surface area contributed by atoms with Crippen LogP contribution in [0.1, 0.15) is 44.9 Å². The van der Waals surface area contributed by atoms with Gasteiger partial charge in [-0.15, -0.1) is 0 Å². The van der Waals surface area contributed by atoms with Crippen LogP contribution in [0.2, 0.25) is 0 Å². The molecule has 1 aliphatic heterocycles. The van der Waals surface area contributed by atoms with Crippen molar-refractivity contribution in [2.45, 2.75) is 57.5 Å². The van der Waals surface area contributed by atoms with Crippen molar-refractivity contribution in [3.63, 3.8) is 0 Å². The highest BCUT2D eigenvalue weighted by Gasteiger charge is 2.14. The first-order valence-electron chi connectivity index (χ1n) is 8.38. The number of nitrogens with zero attached hydrogens (tertiary/aromatic N) is 3. The van der Waals surface area contributed by atoms with Crippen molar-refractivity contribution in [3.8, 4) is 0 Å². The number of aryl methyl sites for hydroxylation is 1. The molecule has 2 heterocycles. The highest BCUT2D eigenvalue weighted by molar-refractivity contribution is 5.43. The van der Waals surface area contributed by atoms with Crippen LogP contribution in [-0.2, 0) is 6.54 Å². The maximum atomic E-state index is 12.1. The Morgan fingerprint density at radius 1 is 1.19 bits per heavy atom. The van der Waals surface area contributed by atoms with Gasteiger partial charge < -0.3 is 10.2 Å². The van der Waals surface area contributed by atoms with E-state index >= 15 is 0 Å². The topological polar surface area (TPSA) is 50.2 Å². The third-order valence-corrected chi connectivity index (χ3v) is 4.66. The van der Waals surface area contributed by atoms with E-state index < -0.39 is 0 Å². The first-order chi connectivity index (χ1) is 10.3. The molecule has 0 bridgehead atoms. The quantitative estimate of drug-likeness (QED) is 0.811. The summed E-state index contributed by atoms with van der Waals surface area (Å²) in [6, 6.07) is 2.44. The van der Waals surface area contributed by atoms with Gasteiger partial charge in [0.25, 0.3) is 5.56 Å². The maximum absolute atomic E-state index is 12.1. The summed E-state index contributed by atoms with van der Waals surface area (Å²) >= 11 is 0. The molecule has 116 valence electrons. The van der Waals surface area contributed by atoms with Gasteiger partial charge in [-0.1, -0.05) is 12.8 Å². The Balaban J connectivity index is 1.47. The van der Waals surface area contributed by atoms with Crippen molar-refractivity contribution >= 4 is 5.69 Å². The zero-order chi connectivity index (χ0) is 14.5. The minimum absolute atomic E-state index is 0.0280. The van der Waals surface area contributed by atoms with E-state index in [0.717, 1.165) is 31.7 Å². The number of rotatable bonds is 6. The molecule has 0 atom stereocenters. The lowest BCUT2D eigenvalue weighted by Crippen LogP contribution is -2.30. The Kier molecular flexibility index (Phi) is 4.91. The van der Waals surface area contributed by atoms with Crippen LogP contribution in [0.4, 0.5) is 5.69 Å². The highest BCUT2D eigenvalue weighted by Crippen LogP contribution is 2.18. The SMILES string of the molecule is O=c1cc(N2CCCC2)cnn1CCCNC1CCCC1. The number of anilines is 1. The molecule has 1 N–H and O–H groups in total. The zero-order valence-electron chi connectivity index (χ0n) is 12.8. The molecule has 1 saturated heterocycles. The fourth-order valence-electron chi connectivity index (χ4n) is 3.41. The molecule has 5 heteroatoms. The fraction of sp³-hybridized carbons (Fsp3) is 0.750. The molecule has 0 unspecified atom stereocenters. The van der Waals surface area contributed by atoms with E-state index in [0.29, 0.717) is 12.6 Å². The Morgan fingerprint density at radius 2 is 1.95 bits per heavy atom. The maximum Gasteiger partial charge on any atom is 0.268 e. The molecule has 5 nitrogen and oxygen atoms in total. The number of hydrogen-bond donors (Lipinski definition) is 1. The third-order valence-electron chi connectivity index (χ3n) is 4.66. The van der Waals surface area contributed by atoms with Crippen LogP contribution < -0.4 is 15.8 Å². The molecule has 2 aliphatic rings. The van der Waals surface area contributed by atoms with Crippen molar-refractivity contribution in [1.82, 2.24) is 15.1 Å².